The van der Waals surface area contributed by atoms with Crippen LogP contribution in [0.4, 0.5) is 0 Å². The lowest BCUT2D eigenvalue weighted by Crippen LogP contribution is -2.03. The highest BCUT2D eigenvalue weighted by atomic mass is 15.3. The monoisotopic (exact) mass is 216 g/mol. The van der Waals surface area contributed by atoms with Crippen molar-refractivity contribution in [2.45, 2.75) is 26.3 Å². The van der Waals surface area contributed by atoms with E-state index in [0.29, 0.717) is 12.5 Å². The number of nitrogens with two attached hydrogens (primary N) is 1. The third kappa shape index (κ3) is 1.97. The van der Waals surface area contributed by atoms with E-state index in [9.17, 15) is 0 Å². The van der Waals surface area contributed by atoms with Gasteiger partial charge in [0.2, 0.25) is 0 Å². The maximum Gasteiger partial charge on any atom is 0.139 e. The van der Waals surface area contributed by atoms with Crippen molar-refractivity contribution in [1.29, 1.82) is 0 Å². The lowest BCUT2D eigenvalue weighted by molar-refractivity contribution is 0.745. The van der Waals surface area contributed by atoms with E-state index in [-0.39, 0.29) is 0 Å². The molecular weight excluding hydrogens is 200 g/mol. The third-order valence-corrected chi connectivity index (χ3v) is 2.51. The number of aromatic nitrogens is 3. The molecule has 0 unspecified atom stereocenters. The Kier molecular flexibility index (Phi) is 3.01. The summed E-state index contributed by atoms with van der Waals surface area (Å²) in [6, 6.07) is 8.12. The minimum atomic E-state index is 0.351. The summed E-state index contributed by atoms with van der Waals surface area (Å²) in [5.41, 5.74) is 7.81. The van der Waals surface area contributed by atoms with Crippen molar-refractivity contribution in [3.63, 3.8) is 0 Å². The van der Waals surface area contributed by atoms with Crippen LogP contribution in [0.3, 0.4) is 0 Å². The highest BCUT2D eigenvalue weighted by molar-refractivity contribution is 5.36. The average Bonchev–Trinajstić information content (AvgIpc) is 2.78. The molecule has 4 heteroatoms. The van der Waals surface area contributed by atoms with Crippen molar-refractivity contribution in [3.8, 4) is 5.69 Å². The molecule has 0 saturated carbocycles. The fourth-order valence-electron chi connectivity index (χ4n) is 1.67. The summed E-state index contributed by atoms with van der Waals surface area (Å²) in [7, 11) is 0. The molecule has 84 valence electrons. The largest absolute Gasteiger partial charge is 0.326 e. The van der Waals surface area contributed by atoms with Crippen LogP contribution in [-0.4, -0.2) is 14.8 Å². The number of benzene rings is 1. The van der Waals surface area contributed by atoms with Gasteiger partial charge in [0.1, 0.15) is 12.2 Å². The summed E-state index contributed by atoms with van der Waals surface area (Å²) >= 11 is 0. The zero-order valence-corrected chi connectivity index (χ0v) is 9.59. The van der Waals surface area contributed by atoms with Crippen molar-refractivity contribution in [2.24, 2.45) is 5.73 Å². The van der Waals surface area contributed by atoms with E-state index in [1.54, 1.807) is 6.33 Å². The average molecular weight is 216 g/mol. The Hall–Kier alpha value is -1.68. The maximum atomic E-state index is 5.63. The van der Waals surface area contributed by atoms with Gasteiger partial charge in [-0.2, -0.15) is 0 Å². The highest BCUT2D eigenvalue weighted by Gasteiger charge is 2.09. The number of hydrogen-bond acceptors (Lipinski definition) is 3. The van der Waals surface area contributed by atoms with Gasteiger partial charge in [-0.05, 0) is 17.7 Å². The Morgan fingerprint density at radius 2 is 2.19 bits per heavy atom. The van der Waals surface area contributed by atoms with Crippen molar-refractivity contribution in [2.75, 3.05) is 0 Å². The van der Waals surface area contributed by atoms with Crippen LogP contribution in [0.2, 0.25) is 0 Å². The lowest BCUT2D eigenvalue weighted by Gasteiger charge is -2.09. The SMILES string of the molecule is CC(C)c1nncn1-c1cccc(CN)c1. The van der Waals surface area contributed by atoms with Crippen LogP contribution in [0.5, 0.6) is 0 Å². The molecule has 0 aliphatic rings. The van der Waals surface area contributed by atoms with E-state index in [1.165, 1.54) is 0 Å². The molecule has 2 N–H and O–H groups in total. The molecule has 4 nitrogen and oxygen atoms in total. The fourth-order valence-corrected chi connectivity index (χ4v) is 1.67. The van der Waals surface area contributed by atoms with Gasteiger partial charge in [0.25, 0.3) is 0 Å². The smallest absolute Gasteiger partial charge is 0.139 e. The molecule has 0 aliphatic heterocycles. The van der Waals surface area contributed by atoms with Gasteiger partial charge < -0.3 is 5.73 Å². The molecular formula is C12H16N4. The van der Waals surface area contributed by atoms with Crippen LogP contribution >= 0.6 is 0 Å². The molecule has 2 rings (SSSR count). The Bertz CT molecular complexity index is 473. The first-order valence-corrected chi connectivity index (χ1v) is 5.41. The Balaban J connectivity index is 2.46. The summed E-state index contributed by atoms with van der Waals surface area (Å²) in [5.74, 6) is 1.32. The van der Waals surface area contributed by atoms with E-state index in [1.807, 2.05) is 22.8 Å². The van der Waals surface area contributed by atoms with Gasteiger partial charge in [0.15, 0.2) is 0 Å². The molecule has 1 heterocycles. The zero-order valence-electron chi connectivity index (χ0n) is 9.59. The molecule has 0 spiro atoms. The second kappa shape index (κ2) is 4.45. The molecule has 16 heavy (non-hydrogen) atoms. The van der Waals surface area contributed by atoms with Gasteiger partial charge in [-0.1, -0.05) is 26.0 Å². The van der Waals surface area contributed by atoms with Crippen LogP contribution in [0.25, 0.3) is 5.69 Å². The molecule has 0 fully saturated rings. The van der Waals surface area contributed by atoms with Crippen molar-refractivity contribution in [3.05, 3.63) is 42.0 Å². The number of rotatable bonds is 3. The first-order valence-electron chi connectivity index (χ1n) is 5.41. The molecule has 0 saturated heterocycles. The van der Waals surface area contributed by atoms with E-state index >= 15 is 0 Å². The highest BCUT2D eigenvalue weighted by Crippen LogP contribution is 2.17. The summed E-state index contributed by atoms with van der Waals surface area (Å²) in [6.07, 6.45) is 1.74. The quantitative estimate of drug-likeness (QED) is 0.851. The van der Waals surface area contributed by atoms with Crippen LogP contribution in [0.1, 0.15) is 31.2 Å². The predicted molar refractivity (Wildman–Crippen MR) is 63.3 cm³/mol. The maximum absolute atomic E-state index is 5.63. The van der Waals surface area contributed by atoms with Crippen molar-refractivity contribution >= 4 is 0 Å². The molecule has 0 amide bonds. The summed E-state index contributed by atoms with van der Waals surface area (Å²) in [4.78, 5) is 0. The number of nitrogens with zero attached hydrogens (tertiary/aromatic N) is 3. The molecule has 1 aromatic carbocycles. The van der Waals surface area contributed by atoms with Crippen LogP contribution in [0, 0.1) is 0 Å². The van der Waals surface area contributed by atoms with Crippen molar-refractivity contribution < 1.29 is 0 Å². The molecule has 0 aliphatic carbocycles. The normalized spacial score (nSPS) is 11.0. The first kappa shape index (κ1) is 10.8. The second-order valence-corrected chi connectivity index (χ2v) is 4.09. The second-order valence-electron chi connectivity index (χ2n) is 4.09. The Labute approximate surface area is 95.1 Å². The Morgan fingerprint density at radius 1 is 1.38 bits per heavy atom. The molecule has 2 aromatic rings. The fraction of sp³-hybridized carbons (Fsp3) is 0.333. The van der Waals surface area contributed by atoms with Gasteiger partial charge in [-0.25, -0.2) is 0 Å². The molecule has 0 bridgehead atoms. The summed E-state index contributed by atoms with van der Waals surface area (Å²) < 4.78 is 2.00. The molecule has 1 aromatic heterocycles. The van der Waals surface area contributed by atoms with E-state index in [0.717, 1.165) is 17.1 Å². The topological polar surface area (TPSA) is 56.7 Å². The van der Waals surface area contributed by atoms with Gasteiger partial charge in [-0.15, -0.1) is 10.2 Å². The van der Waals surface area contributed by atoms with E-state index in [2.05, 4.69) is 30.1 Å². The van der Waals surface area contributed by atoms with Gasteiger partial charge >= 0.3 is 0 Å². The first-order chi connectivity index (χ1) is 7.72. The summed E-state index contributed by atoms with van der Waals surface area (Å²) in [5, 5.41) is 8.09. The van der Waals surface area contributed by atoms with Crippen molar-refractivity contribution in [1.82, 2.24) is 14.8 Å². The molecule has 0 atom stereocenters. The van der Waals surface area contributed by atoms with Crippen LogP contribution in [0.15, 0.2) is 30.6 Å². The third-order valence-electron chi connectivity index (χ3n) is 2.51. The van der Waals surface area contributed by atoms with Gasteiger partial charge in [0, 0.05) is 18.2 Å². The standard InChI is InChI=1S/C12H16N4/c1-9(2)12-15-14-8-16(12)11-5-3-4-10(6-11)7-13/h3-6,8-9H,7,13H2,1-2H3. The zero-order chi connectivity index (χ0) is 11.5. The summed E-state index contributed by atoms with van der Waals surface area (Å²) in [6.45, 7) is 4.76. The minimum Gasteiger partial charge on any atom is -0.326 e. The lowest BCUT2D eigenvalue weighted by atomic mass is 10.1. The van der Waals surface area contributed by atoms with E-state index in [4.69, 9.17) is 5.73 Å². The molecule has 0 radical (unpaired) electrons. The van der Waals surface area contributed by atoms with Crippen LogP contribution < -0.4 is 5.73 Å². The van der Waals surface area contributed by atoms with Gasteiger partial charge in [-0.3, -0.25) is 4.57 Å². The predicted octanol–water partition coefficient (Wildman–Crippen LogP) is 1.85. The number of hydrogen-bond donors (Lipinski definition) is 1. The minimum absolute atomic E-state index is 0.351. The Morgan fingerprint density at radius 3 is 2.88 bits per heavy atom. The van der Waals surface area contributed by atoms with Crippen LogP contribution in [-0.2, 0) is 6.54 Å². The van der Waals surface area contributed by atoms with E-state index < -0.39 is 0 Å². The van der Waals surface area contributed by atoms with Gasteiger partial charge in [0.05, 0.1) is 0 Å².